The van der Waals surface area contributed by atoms with Crippen molar-refractivity contribution in [3.05, 3.63) is 54.1 Å². The molecule has 2 aliphatic rings. The first-order valence-electron chi connectivity index (χ1n) is 10.9. The van der Waals surface area contributed by atoms with Crippen molar-refractivity contribution in [2.24, 2.45) is 5.92 Å². The Morgan fingerprint density at radius 3 is 2.44 bits per heavy atom. The molecule has 32 heavy (non-hydrogen) atoms. The number of hydrogen-bond acceptors (Lipinski definition) is 5. The zero-order chi connectivity index (χ0) is 22.7. The number of anilines is 1. The van der Waals surface area contributed by atoms with E-state index in [1.807, 2.05) is 30.3 Å². The second-order valence-electron chi connectivity index (χ2n) is 8.41. The van der Waals surface area contributed by atoms with Gasteiger partial charge in [-0.05, 0) is 61.6 Å². The minimum Gasteiger partial charge on any atom is -0.484 e. The maximum atomic E-state index is 13.3. The van der Waals surface area contributed by atoms with Gasteiger partial charge in [0.25, 0.3) is 5.91 Å². The van der Waals surface area contributed by atoms with E-state index in [4.69, 9.17) is 4.74 Å². The average molecular weight is 457 g/mol. The fraction of sp³-hybridized carbons (Fsp3) is 0.417. The second kappa shape index (κ2) is 9.32. The Bertz CT molecular complexity index is 1090. The summed E-state index contributed by atoms with van der Waals surface area (Å²) in [7, 11) is -3.28. The maximum Gasteiger partial charge on any atom is 0.260 e. The van der Waals surface area contributed by atoms with Crippen molar-refractivity contribution < 1.29 is 22.7 Å². The molecule has 1 fully saturated rings. The fourth-order valence-corrected chi connectivity index (χ4v) is 5.05. The molecule has 0 N–H and O–H groups in total. The molecular weight excluding hydrogens is 428 g/mol. The van der Waals surface area contributed by atoms with Crippen molar-refractivity contribution in [1.82, 2.24) is 4.90 Å². The van der Waals surface area contributed by atoms with Crippen LogP contribution in [-0.4, -0.2) is 57.6 Å². The Balaban J connectivity index is 1.35. The summed E-state index contributed by atoms with van der Waals surface area (Å²) in [5.41, 5.74) is 1.71. The molecule has 7 nitrogen and oxygen atoms in total. The molecule has 0 atom stereocenters. The number of amides is 2. The lowest BCUT2D eigenvalue weighted by molar-refractivity contribution is -0.136. The zero-order valence-electron chi connectivity index (χ0n) is 18.2. The van der Waals surface area contributed by atoms with Crippen LogP contribution in [0.5, 0.6) is 5.75 Å². The number of aryl methyl sites for hydroxylation is 1. The number of para-hydroxylation sites is 1. The summed E-state index contributed by atoms with van der Waals surface area (Å²) in [6, 6.07) is 14.3. The Morgan fingerprint density at radius 2 is 1.75 bits per heavy atom. The number of fused-ring (bicyclic) bond motifs is 1. The van der Waals surface area contributed by atoms with E-state index in [0.29, 0.717) is 38.2 Å². The summed E-state index contributed by atoms with van der Waals surface area (Å²) in [6.07, 6.45) is 3.99. The lowest BCUT2D eigenvalue weighted by Gasteiger charge is -2.36. The van der Waals surface area contributed by atoms with Crippen LogP contribution in [0.25, 0.3) is 0 Å². The number of sulfone groups is 1. The van der Waals surface area contributed by atoms with Gasteiger partial charge in [0, 0.05) is 37.5 Å². The molecule has 0 radical (unpaired) electrons. The molecule has 2 aromatic carbocycles. The van der Waals surface area contributed by atoms with Crippen molar-refractivity contribution >= 4 is 27.3 Å². The van der Waals surface area contributed by atoms with Crippen molar-refractivity contribution in [1.29, 1.82) is 0 Å². The van der Waals surface area contributed by atoms with Crippen molar-refractivity contribution in [2.75, 3.05) is 37.4 Å². The normalized spacial score (nSPS) is 17.0. The van der Waals surface area contributed by atoms with Crippen LogP contribution in [0.1, 0.15) is 24.8 Å². The number of rotatable bonds is 5. The highest BCUT2D eigenvalue weighted by molar-refractivity contribution is 7.90. The highest BCUT2D eigenvalue weighted by atomic mass is 32.2. The number of benzene rings is 2. The quantitative estimate of drug-likeness (QED) is 0.691. The minimum absolute atomic E-state index is 0.00913. The molecule has 8 heteroatoms. The summed E-state index contributed by atoms with van der Waals surface area (Å²) in [5.74, 6) is 0.505. The Morgan fingerprint density at radius 1 is 1.03 bits per heavy atom. The van der Waals surface area contributed by atoms with E-state index in [2.05, 4.69) is 0 Å². The third-order valence-electron chi connectivity index (χ3n) is 6.17. The molecular formula is C24H28N2O5S. The van der Waals surface area contributed by atoms with Gasteiger partial charge in [0.05, 0.1) is 4.90 Å². The monoisotopic (exact) mass is 456 g/mol. The average Bonchev–Trinajstić information content (AvgIpc) is 2.81. The molecule has 2 amide bonds. The van der Waals surface area contributed by atoms with E-state index in [9.17, 15) is 18.0 Å². The van der Waals surface area contributed by atoms with Gasteiger partial charge >= 0.3 is 0 Å². The third kappa shape index (κ3) is 4.96. The van der Waals surface area contributed by atoms with Crippen LogP contribution in [0.15, 0.2) is 53.4 Å². The van der Waals surface area contributed by atoms with Crippen LogP contribution in [0.3, 0.4) is 0 Å². The highest BCUT2D eigenvalue weighted by Crippen LogP contribution is 2.32. The Labute approximate surface area is 188 Å². The third-order valence-corrected chi connectivity index (χ3v) is 7.28. The first-order chi connectivity index (χ1) is 15.3. The summed E-state index contributed by atoms with van der Waals surface area (Å²) < 4.78 is 29.3. The Kier molecular flexibility index (Phi) is 6.50. The van der Waals surface area contributed by atoms with Crippen molar-refractivity contribution in [3.63, 3.8) is 0 Å². The molecule has 0 aliphatic carbocycles. The lowest BCUT2D eigenvalue weighted by atomic mass is 9.93. The number of piperidine rings is 1. The van der Waals surface area contributed by atoms with Crippen LogP contribution in [0, 0.1) is 5.92 Å². The van der Waals surface area contributed by atoms with Crippen LogP contribution >= 0.6 is 0 Å². The van der Waals surface area contributed by atoms with Gasteiger partial charge in [-0.1, -0.05) is 18.2 Å². The second-order valence-corrected chi connectivity index (χ2v) is 10.4. The molecule has 0 unspecified atom stereocenters. The summed E-state index contributed by atoms with van der Waals surface area (Å²) in [6.45, 7) is 1.68. The topological polar surface area (TPSA) is 84.0 Å². The number of nitrogens with zero attached hydrogens (tertiary/aromatic N) is 2. The predicted molar refractivity (Wildman–Crippen MR) is 121 cm³/mol. The molecule has 2 aromatic rings. The SMILES string of the molecule is CS(=O)(=O)c1ccc2c(c1)CCCN2C(=O)C1CCN(C(=O)COc2ccccc2)CC1. The first kappa shape index (κ1) is 22.3. The molecule has 1 saturated heterocycles. The van der Waals surface area contributed by atoms with Gasteiger partial charge < -0.3 is 14.5 Å². The molecule has 2 heterocycles. The van der Waals surface area contributed by atoms with Crippen LogP contribution in [0.2, 0.25) is 0 Å². The van der Waals surface area contributed by atoms with Crippen molar-refractivity contribution in [2.45, 2.75) is 30.6 Å². The summed E-state index contributed by atoms with van der Waals surface area (Å²) >= 11 is 0. The first-order valence-corrected chi connectivity index (χ1v) is 12.8. The van der Waals surface area contributed by atoms with Gasteiger partial charge in [0.15, 0.2) is 16.4 Å². The van der Waals surface area contributed by atoms with E-state index < -0.39 is 9.84 Å². The molecule has 4 rings (SSSR count). The molecule has 2 aliphatic heterocycles. The standard InChI is InChI=1S/C24H28N2O5S/c1-32(29,30)21-9-10-22-19(16-21)6-5-13-26(22)24(28)18-11-14-25(15-12-18)23(27)17-31-20-7-3-2-4-8-20/h2-4,7-10,16,18H,5-6,11-15,17H2,1H3. The van der Waals surface area contributed by atoms with Gasteiger partial charge in [-0.2, -0.15) is 0 Å². The molecule has 0 bridgehead atoms. The predicted octanol–water partition coefficient (Wildman–Crippen LogP) is 2.69. The number of ether oxygens (including phenoxy) is 1. The van der Waals surface area contributed by atoms with Gasteiger partial charge in [-0.25, -0.2) is 8.42 Å². The number of hydrogen-bond donors (Lipinski definition) is 0. The van der Waals surface area contributed by atoms with Crippen LogP contribution in [0.4, 0.5) is 5.69 Å². The van der Waals surface area contributed by atoms with E-state index in [0.717, 1.165) is 24.1 Å². The zero-order valence-corrected chi connectivity index (χ0v) is 19.0. The van der Waals surface area contributed by atoms with Gasteiger partial charge in [-0.3, -0.25) is 9.59 Å². The highest BCUT2D eigenvalue weighted by Gasteiger charge is 2.33. The summed E-state index contributed by atoms with van der Waals surface area (Å²) in [4.78, 5) is 29.6. The number of likely N-dealkylation sites (tertiary alicyclic amines) is 1. The van der Waals surface area contributed by atoms with Gasteiger partial charge in [-0.15, -0.1) is 0 Å². The number of carbonyl (C=O) groups is 2. The van der Waals surface area contributed by atoms with E-state index in [1.165, 1.54) is 6.26 Å². The fourth-order valence-electron chi connectivity index (χ4n) is 4.38. The molecule has 170 valence electrons. The molecule has 0 spiro atoms. The molecule has 0 aromatic heterocycles. The number of carbonyl (C=O) groups excluding carboxylic acids is 2. The maximum absolute atomic E-state index is 13.3. The van der Waals surface area contributed by atoms with E-state index in [-0.39, 0.29) is 29.2 Å². The van der Waals surface area contributed by atoms with Gasteiger partial charge in [0.2, 0.25) is 5.91 Å². The molecule has 0 saturated carbocycles. The van der Waals surface area contributed by atoms with Crippen molar-refractivity contribution in [3.8, 4) is 5.75 Å². The minimum atomic E-state index is -3.28. The summed E-state index contributed by atoms with van der Waals surface area (Å²) in [5, 5.41) is 0. The smallest absolute Gasteiger partial charge is 0.260 e. The van der Waals surface area contributed by atoms with E-state index in [1.54, 1.807) is 28.0 Å². The van der Waals surface area contributed by atoms with E-state index >= 15 is 0 Å². The van der Waals surface area contributed by atoms with Crippen LogP contribution in [-0.2, 0) is 25.8 Å². The Hall–Kier alpha value is -2.87. The lowest BCUT2D eigenvalue weighted by Crippen LogP contribution is -2.46. The largest absolute Gasteiger partial charge is 0.484 e. The van der Waals surface area contributed by atoms with Gasteiger partial charge in [0.1, 0.15) is 5.75 Å². The van der Waals surface area contributed by atoms with Crippen LogP contribution < -0.4 is 9.64 Å².